The molecule has 1 unspecified atom stereocenters. The second-order valence-corrected chi connectivity index (χ2v) is 10.4. The molecule has 1 aromatic heterocycles. The molecule has 3 amide bonds. The summed E-state index contributed by atoms with van der Waals surface area (Å²) >= 11 is 7.09. The number of anilines is 3. The zero-order chi connectivity index (χ0) is 25.1. The van der Waals surface area contributed by atoms with Crippen LogP contribution in [0, 0.1) is 0 Å². The summed E-state index contributed by atoms with van der Waals surface area (Å²) in [6, 6.07) is 17.9. The molecular weight excluding hydrogens is 500 g/mol. The molecule has 2 fully saturated rings. The lowest BCUT2D eigenvalue weighted by Gasteiger charge is -2.24. The van der Waals surface area contributed by atoms with Crippen LogP contribution in [0.3, 0.4) is 0 Å². The summed E-state index contributed by atoms with van der Waals surface area (Å²) in [5.74, 6) is -0.478. The van der Waals surface area contributed by atoms with Crippen molar-refractivity contribution in [2.75, 3.05) is 41.3 Å². The number of benzene rings is 2. The molecule has 0 bridgehead atoms. The average molecular weight is 525 g/mol. The second kappa shape index (κ2) is 10.6. The van der Waals surface area contributed by atoms with Gasteiger partial charge in [0.2, 0.25) is 0 Å². The van der Waals surface area contributed by atoms with Gasteiger partial charge in [-0.25, -0.2) is 4.79 Å². The van der Waals surface area contributed by atoms with Gasteiger partial charge in [0.1, 0.15) is 6.10 Å². The summed E-state index contributed by atoms with van der Waals surface area (Å²) in [5.41, 5.74) is 2.73. The van der Waals surface area contributed by atoms with Crippen LogP contribution in [0.25, 0.3) is 0 Å². The molecule has 3 aromatic rings. The molecule has 36 heavy (non-hydrogen) atoms. The molecule has 10 heteroatoms. The van der Waals surface area contributed by atoms with Crippen molar-refractivity contribution in [1.82, 2.24) is 5.32 Å². The third kappa shape index (κ3) is 5.32. The van der Waals surface area contributed by atoms with Crippen molar-refractivity contribution in [2.24, 2.45) is 0 Å². The van der Waals surface area contributed by atoms with E-state index in [0.29, 0.717) is 26.2 Å². The first kappa shape index (κ1) is 24.1. The number of thiophene rings is 1. The Labute approximate surface area is 217 Å². The third-order valence-electron chi connectivity index (χ3n) is 6.18. The Morgan fingerprint density at radius 3 is 2.53 bits per heavy atom. The molecule has 8 nitrogen and oxygen atoms in total. The Hall–Kier alpha value is -3.56. The van der Waals surface area contributed by atoms with Crippen LogP contribution in [-0.4, -0.2) is 50.2 Å². The normalized spacial score (nSPS) is 17.2. The molecule has 3 heterocycles. The Kier molecular flexibility index (Phi) is 7.11. The molecule has 2 saturated heterocycles. The molecular formula is C26H25ClN4O4S. The predicted octanol–water partition coefficient (Wildman–Crippen LogP) is 5.01. The smallest absolute Gasteiger partial charge is 0.414 e. The van der Waals surface area contributed by atoms with E-state index in [4.69, 9.17) is 16.3 Å². The van der Waals surface area contributed by atoms with Crippen LogP contribution in [0.1, 0.15) is 32.9 Å². The summed E-state index contributed by atoms with van der Waals surface area (Å²) in [5, 5.41) is 5.82. The summed E-state index contributed by atoms with van der Waals surface area (Å²) in [6.07, 6.45) is 1.19. The minimum absolute atomic E-state index is 0.181. The Balaban J connectivity index is 1.31. The highest BCUT2D eigenvalue weighted by Crippen LogP contribution is 2.34. The van der Waals surface area contributed by atoms with E-state index in [1.54, 1.807) is 24.3 Å². The topological polar surface area (TPSA) is 91.0 Å². The SMILES string of the molecule is O=C(Nc1cc(N2CC(CNC(=O)c3ccc(Cl)s3)OC2=O)ccc1N1CCCC1)c1ccccc1. The van der Waals surface area contributed by atoms with Crippen molar-refractivity contribution in [3.05, 3.63) is 75.4 Å². The maximum atomic E-state index is 12.9. The minimum Gasteiger partial charge on any atom is -0.442 e. The van der Waals surface area contributed by atoms with Crippen LogP contribution >= 0.6 is 22.9 Å². The first-order chi connectivity index (χ1) is 17.5. The molecule has 2 aromatic carbocycles. The molecule has 2 aliphatic rings. The molecule has 2 N–H and O–H groups in total. The fourth-order valence-corrected chi connectivity index (χ4v) is 5.34. The number of carbonyl (C=O) groups excluding carboxylic acids is 3. The molecule has 5 rings (SSSR count). The van der Waals surface area contributed by atoms with Gasteiger partial charge in [-0.3, -0.25) is 14.5 Å². The Morgan fingerprint density at radius 1 is 1.03 bits per heavy atom. The largest absolute Gasteiger partial charge is 0.442 e. The lowest BCUT2D eigenvalue weighted by atomic mass is 10.1. The number of hydrogen-bond acceptors (Lipinski definition) is 6. The van der Waals surface area contributed by atoms with E-state index in [-0.39, 0.29) is 24.9 Å². The number of rotatable bonds is 7. The number of amides is 3. The predicted molar refractivity (Wildman–Crippen MR) is 142 cm³/mol. The Morgan fingerprint density at radius 2 is 1.81 bits per heavy atom. The first-order valence-corrected chi connectivity index (χ1v) is 12.9. The first-order valence-electron chi connectivity index (χ1n) is 11.7. The van der Waals surface area contributed by atoms with Crippen molar-refractivity contribution in [2.45, 2.75) is 18.9 Å². The second-order valence-electron chi connectivity index (χ2n) is 8.65. The number of halogens is 1. The molecule has 2 aliphatic heterocycles. The van der Waals surface area contributed by atoms with Gasteiger partial charge in [-0.15, -0.1) is 11.3 Å². The van der Waals surface area contributed by atoms with E-state index in [1.807, 2.05) is 36.4 Å². The quantitative estimate of drug-likeness (QED) is 0.453. The van der Waals surface area contributed by atoms with Crippen LogP contribution in [0.15, 0.2) is 60.7 Å². The lowest BCUT2D eigenvalue weighted by Crippen LogP contribution is -2.34. The van der Waals surface area contributed by atoms with Crippen LogP contribution in [-0.2, 0) is 4.74 Å². The van der Waals surface area contributed by atoms with E-state index in [2.05, 4.69) is 15.5 Å². The van der Waals surface area contributed by atoms with Crippen molar-refractivity contribution < 1.29 is 19.1 Å². The van der Waals surface area contributed by atoms with Crippen LogP contribution < -0.4 is 20.4 Å². The average Bonchev–Trinajstić information content (AvgIpc) is 3.65. The van der Waals surface area contributed by atoms with E-state index >= 15 is 0 Å². The van der Waals surface area contributed by atoms with Gasteiger partial charge in [0, 0.05) is 24.3 Å². The fraction of sp³-hybridized carbons (Fsp3) is 0.269. The van der Waals surface area contributed by atoms with Gasteiger partial charge >= 0.3 is 6.09 Å². The number of cyclic esters (lactones) is 1. The molecule has 186 valence electrons. The van der Waals surface area contributed by atoms with Gasteiger partial charge in [-0.05, 0) is 55.3 Å². The lowest BCUT2D eigenvalue weighted by molar-refractivity contribution is 0.0919. The molecule has 0 saturated carbocycles. The molecule has 0 aliphatic carbocycles. The maximum Gasteiger partial charge on any atom is 0.414 e. The molecule has 0 spiro atoms. The van der Waals surface area contributed by atoms with Gasteiger partial charge in [0.25, 0.3) is 11.8 Å². The van der Waals surface area contributed by atoms with Crippen molar-refractivity contribution in [3.8, 4) is 0 Å². The van der Waals surface area contributed by atoms with Gasteiger partial charge in [-0.1, -0.05) is 29.8 Å². The number of nitrogens with zero attached hydrogens (tertiary/aromatic N) is 2. The van der Waals surface area contributed by atoms with E-state index in [9.17, 15) is 14.4 Å². The number of carbonyl (C=O) groups is 3. The third-order valence-corrected chi connectivity index (χ3v) is 7.41. The molecule has 1 atom stereocenters. The summed E-state index contributed by atoms with van der Waals surface area (Å²) in [6.45, 7) is 2.28. The number of ether oxygens (including phenoxy) is 1. The fourth-order valence-electron chi connectivity index (χ4n) is 4.38. The minimum atomic E-state index is -0.502. The van der Waals surface area contributed by atoms with Crippen molar-refractivity contribution >= 4 is 57.9 Å². The van der Waals surface area contributed by atoms with Gasteiger partial charge in [0.05, 0.1) is 33.7 Å². The van der Waals surface area contributed by atoms with E-state index < -0.39 is 12.2 Å². The number of hydrogen-bond donors (Lipinski definition) is 2. The van der Waals surface area contributed by atoms with Gasteiger partial charge in [0.15, 0.2) is 0 Å². The van der Waals surface area contributed by atoms with Gasteiger partial charge in [-0.2, -0.15) is 0 Å². The monoisotopic (exact) mass is 524 g/mol. The zero-order valence-corrected chi connectivity index (χ0v) is 21.0. The van der Waals surface area contributed by atoms with Crippen molar-refractivity contribution in [1.29, 1.82) is 0 Å². The van der Waals surface area contributed by atoms with E-state index in [1.165, 1.54) is 16.2 Å². The highest BCUT2D eigenvalue weighted by Gasteiger charge is 2.33. The van der Waals surface area contributed by atoms with Gasteiger partial charge < -0.3 is 20.3 Å². The maximum absolute atomic E-state index is 12.9. The summed E-state index contributed by atoms with van der Waals surface area (Å²) in [4.78, 5) is 42.2. The van der Waals surface area contributed by atoms with Crippen molar-refractivity contribution in [3.63, 3.8) is 0 Å². The van der Waals surface area contributed by atoms with E-state index in [0.717, 1.165) is 31.6 Å². The number of nitrogens with one attached hydrogen (secondary N) is 2. The zero-order valence-electron chi connectivity index (χ0n) is 19.4. The highest BCUT2D eigenvalue weighted by atomic mass is 35.5. The standard InChI is InChI=1S/C26H25ClN4O4S/c27-23-11-10-22(36-23)25(33)28-15-19-16-31(26(34)35-19)18-8-9-21(30-12-4-5-13-30)20(14-18)29-24(32)17-6-2-1-3-7-17/h1-3,6-11,14,19H,4-5,12-13,15-16H2,(H,28,33)(H,29,32). The molecule has 0 radical (unpaired) electrons. The summed E-state index contributed by atoms with van der Waals surface area (Å²) < 4.78 is 6.03. The van der Waals surface area contributed by atoms with Crippen LogP contribution in [0.4, 0.5) is 21.9 Å². The van der Waals surface area contributed by atoms with Crippen LogP contribution in [0.2, 0.25) is 4.34 Å². The Bertz CT molecular complexity index is 1280. The highest BCUT2D eigenvalue weighted by molar-refractivity contribution is 7.18. The summed E-state index contributed by atoms with van der Waals surface area (Å²) in [7, 11) is 0. The van der Waals surface area contributed by atoms with Crippen LogP contribution in [0.5, 0.6) is 0 Å².